The number of amides is 1. The van der Waals surface area contributed by atoms with E-state index in [0.29, 0.717) is 12.3 Å². The van der Waals surface area contributed by atoms with Crippen LogP contribution in [0, 0.1) is 0 Å². The Labute approximate surface area is 137 Å². The summed E-state index contributed by atoms with van der Waals surface area (Å²) >= 11 is 3.41. The average Bonchev–Trinajstić information content (AvgIpc) is 2.48. The maximum atomic E-state index is 12.4. The van der Waals surface area contributed by atoms with E-state index in [2.05, 4.69) is 15.9 Å². The maximum Gasteiger partial charge on any atom is 0.334 e. The molecule has 0 saturated carbocycles. The Kier molecular flexibility index (Phi) is 5.42. The van der Waals surface area contributed by atoms with Crippen molar-refractivity contribution in [1.82, 2.24) is 4.90 Å². The predicted octanol–water partition coefficient (Wildman–Crippen LogP) is 1.70. The van der Waals surface area contributed by atoms with E-state index >= 15 is 0 Å². The van der Waals surface area contributed by atoms with Gasteiger partial charge in [0, 0.05) is 11.0 Å². The van der Waals surface area contributed by atoms with Crippen LogP contribution in [-0.2, 0) is 20.7 Å². The van der Waals surface area contributed by atoms with Crippen LogP contribution < -0.4 is 4.74 Å². The molecule has 1 aliphatic rings. The molecule has 1 aromatic rings. The van der Waals surface area contributed by atoms with Crippen LogP contribution >= 0.6 is 15.9 Å². The molecule has 1 fully saturated rings. The van der Waals surface area contributed by atoms with Gasteiger partial charge in [-0.25, -0.2) is 4.79 Å². The quantitative estimate of drug-likeness (QED) is 0.871. The van der Waals surface area contributed by atoms with E-state index in [0.717, 1.165) is 10.0 Å². The Morgan fingerprint density at radius 1 is 1.45 bits per heavy atom. The number of methoxy groups -OCH3 is 1. The van der Waals surface area contributed by atoms with Crippen molar-refractivity contribution in [2.75, 3.05) is 20.2 Å². The molecule has 0 spiro atoms. The molecule has 22 heavy (non-hydrogen) atoms. The van der Waals surface area contributed by atoms with Gasteiger partial charge in [0.2, 0.25) is 5.91 Å². The molecule has 0 aromatic heterocycles. The molecule has 7 heteroatoms. The number of carboxylic acids is 1. The number of ether oxygens (including phenoxy) is 2. The highest BCUT2D eigenvalue weighted by molar-refractivity contribution is 9.10. The average molecular weight is 372 g/mol. The third kappa shape index (κ3) is 3.98. The molecule has 1 N–H and O–H groups in total. The van der Waals surface area contributed by atoms with Crippen molar-refractivity contribution in [3.63, 3.8) is 0 Å². The topological polar surface area (TPSA) is 76.1 Å². The first-order valence-corrected chi connectivity index (χ1v) is 7.68. The summed E-state index contributed by atoms with van der Waals surface area (Å²) in [5.74, 6) is -0.507. The number of morpholine rings is 1. The van der Waals surface area contributed by atoms with Gasteiger partial charge in [0.15, 0.2) is 6.10 Å². The summed E-state index contributed by atoms with van der Waals surface area (Å²) in [6, 6.07) is 5.42. The van der Waals surface area contributed by atoms with E-state index in [1.807, 2.05) is 6.07 Å². The highest BCUT2D eigenvalue weighted by Gasteiger charge is 2.32. The Hall–Kier alpha value is -1.60. The van der Waals surface area contributed by atoms with Gasteiger partial charge in [-0.15, -0.1) is 0 Å². The molecule has 0 radical (unpaired) electrons. The first kappa shape index (κ1) is 16.8. The van der Waals surface area contributed by atoms with Gasteiger partial charge >= 0.3 is 5.97 Å². The third-order valence-electron chi connectivity index (χ3n) is 3.48. The van der Waals surface area contributed by atoms with Gasteiger partial charge in [-0.3, -0.25) is 4.79 Å². The zero-order valence-corrected chi connectivity index (χ0v) is 14.0. The number of carbonyl (C=O) groups excluding carboxylic acids is 1. The number of halogens is 1. The Bertz CT molecular complexity index is 577. The van der Waals surface area contributed by atoms with Crippen LogP contribution in [0.4, 0.5) is 0 Å². The van der Waals surface area contributed by atoms with Crippen LogP contribution in [0.1, 0.15) is 12.5 Å². The fraction of sp³-hybridized carbons (Fsp3) is 0.467. The summed E-state index contributed by atoms with van der Waals surface area (Å²) in [6.45, 7) is 2.22. The molecular formula is C15H18BrNO5. The monoisotopic (exact) mass is 371 g/mol. The molecule has 0 bridgehead atoms. The van der Waals surface area contributed by atoms with Gasteiger partial charge in [-0.05, 0) is 30.7 Å². The molecule has 120 valence electrons. The van der Waals surface area contributed by atoms with E-state index in [4.69, 9.17) is 14.6 Å². The van der Waals surface area contributed by atoms with Crippen LogP contribution in [-0.4, -0.2) is 54.3 Å². The minimum Gasteiger partial charge on any atom is -0.497 e. The molecule has 1 saturated heterocycles. The zero-order valence-electron chi connectivity index (χ0n) is 12.4. The molecule has 1 amide bonds. The van der Waals surface area contributed by atoms with E-state index in [1.54, 1.807) is 31.1 Å². The molecular weight excluding hydrogens is 354 g/mol. The van der Waals surface area contributed by atoms with E-state index in [9.17, 15) is 9.59 Å². The number of hydrogen-bond donors (Lipinski definition) is 1. The Morgan fingerprint density at radius 2 is 2.18 bits per heavy atom. The lowest BCUT2D eigenvalue weighted by Gasteiger charge is -2.35. The van der Waals surface area contributed by atoms with E-state index in [1.165, 1.54) is 0 Å². The van der Waals surface area contributed by atoms with E-state index < -0.39 is 12.1 Å². The summed E-state index contributed by atoms with van der Waals surface area (Å²) in [5.41, 5.74) is 0.801. The van der Waals surface area contributed by atoms with Crippen molar-refractivity contribution in [2.24, 2.45) is 0 Å². The first-order valence-electron chi connectivity index (χ1n) is 6.89. The normalized spacial score (nSPS) is 21.5. The van der Waals surface area contributed by atoms with Crippen molar-refractivity contribution in [3.8, 4) is 5.75 Å². The fourth-order valence-electron chi connectivity index (χ4n) is 2.38. The maximum absolute atomic E-state index is 12.4. The molecule has 1 unspecified atom stereocenters. The zero-order chi connectivity index (χ0) is 16.3. The Morgan fingerprint density at radius 3 is 2.82 bits per heavy atom. The second-order valence-electron chi connectivity index (χ2n) is 5.21. The molecule has 6 nitrogen and oxygen atoms in total. The predicted molar refractivity (Wildman–Crippen MR) is 82.9 cm³/mol. The SMILES string of the molecule is COc1ccc(Br)c(CC(=O)N2CC(C(=O)O)O[C@H](C)C2)c1. The highest BCUT2D eigenvalue weighted by atomic mass is 79.9. The molecule has 2 atom stereocenters. The smallest absolute Gasteiger partial charge is 0.334 e. The largest absolute Gasteiger partial charge is 0.497 e. The summed E-state index contributed by atoms with van der Waals surface area (Å²) in [4.78, 5) is 25.1. The summed E-state index contributed by atoms with van der Waals surface area (Å²) in [6.07, 6.45) is -1.09. The van der Waals surface area contributed by atoms with Gasteiger partial charge in [0.05, 0.1) is 26.2 Å². The van der Waals surface area contributed by atoms with Gasteiger partial charge in [0.25, 0.3) is 0 Å². The molecule has 1 aliphatic heterocycles. The fourth-order valence-corrected chi connectivity index (χ4v) is 2.77. The van der Waals surface area contributed by atoms with Gasteiger partial charge < -0.3 is 19.5 Å². The number of hydrogen-bond acceptors (Lipinski definition) is 4. The highest BCUT2D eigenvalue weighted by Crippen LogP contribution is 2.24. The molecule has 2 rings (SSSR count). The standard InChI is InChI=1S/C15H18BrNO5/c1-9-7-17(8-13(22-9)15(19)20)14(18)6-10-5-11(21-2)3-4-12(10)16/h3-5,9,13H,6-8H2,1-2H3,(H,19,20)/t9-,13?/m1/s1. The van der Waals surface area contributed by atoms with Crippen molar-refractivity contribution < 1.29 is 24.2 Å². The van der Waals surface area contributed by atoms with Gasteiger partial charge in [-0.1, -0.05) is 15.9 Å². The number of rotatable bonds is 4. The van der Waals surface area contributed by atoms with E-state index in [-0.39, 0.29) is 25.0 Å². The second-order valence-corrected chi connectivity index (χ2v) is 6.06. The van der Waals surface area contributed by atoms with Crippen molar-refractivity contribution in [1.29, 1.82) is 0 Å². The first-order chi connectivity index (χ1) is 10.4. The van der Waals surface area contributed by atoms with Crippen molar-refractivity contribution >= 4 is 27.8 Å². The Balaban J connectivity index is 2.09. The lowest BCUT2D eigenvalue weighted by molar-refractivity contribution is -0.166. The van der Waals surface area contributed by atoms with Crippen LogP contribution in [0.25, 0.3) is 0 Å². The lowest BCUT2D eigenvalue weighted by atomic mass is 10.1. The number of aliphatic carboxylic acids is 1. The van der Waals surface area contributed by atoms with Crippen molar-refractivity contribution in [2.45, 2.75) is 25.6 Å². The lowest BCUT2D eigenvalue weighted by Crippen LogP contribution is -2.52. The van der Waals surface area contributed by atoms with Crippen LogP contribution in [0.5, 0.6) is 5.75 Å². The van der Waals surface area contributed by atoms with Gasteiger partial charge in [-0.2, -0.15) is 0 Å². The number of carboxylic acid groups (broad SMARTS) is 1. The third-order valence-corrected chi connectivity index (χ3v) is 4.26. The van der Waals surface area contributed by atoms with Crippen LogP contribution in [0.15, 0.2) is 22.7 Å². The summed E-state index contributed by atoms with van der Waals surface area (Å²) in [5, 5.41) is 9.07. The second kappa shape index (κ2) is 7.11. The molecule has 1 heterocycles. The van der Waals surface area contributed by atoms with Crippen molar-refractivity contribution in [3.05, 3.63) is 28.2 Å². The van der Waals surface area contributed by atoms with Crippen LogP contribution in [0.3, 0.4) is 0 Å². The van der Waals surface area contributed by atoms with Crippen LogP contribution in [0.2, 0.25) is 0 Å². The minimum absolute atomic E-state index is 0.0695. The number of nitrogens with zero attached hydrogens (tertiary/aromatic N) is 1. The summed E-state index contributed by atoms with van der Waals surface area (Å²) in [7, 11) is 1.57. The van der Waals surface area contributed by atoms with Gasteiger partial charge in [0.1, 0.15) is 5.75 Å². The number of carbonyl (C=O) groups is 2. The molecule has 0 aliphatic carbocycles. The number of benzene rings is 1. The summed E-state index contributed by atoms with van der Waals surface area (Å²) < 4.78 is 11.3. The molecule has 1 aromatic carbocycles. The minimum atomic E-state index is -1.05.